The van der Waals surface area contributed by atoms with Crippen molar-refractivity contribution in [2.75, 3.05) is 0 Å². The Balaban J connectivity index is 4.26. The van der Waals surface area contributed by atoms with Gasteiger partial charge in [-0.15, -0.1) is 0 Å². The number of hydrogen-bond acceptors (Lipinski definition) is 4. The van der Waals surface area contributed by atoms with E-state index in [4.69, 9.17) is 5.11 Å². The number of rotatable bonds is 11. The van der Waals surface area contributed by atoms with Crippen molar-refractivity contribution in [2.45, 2.75) is 38.5 Å². The maximum atomic E-state index is 10.8. The number of aliphatic hydroxyl groups excluding tert-OH is 1. The fourth-order valence-corrected chi connectivity index (χ4v) is 1.44. The summed E-state index contributed by atoms with van der Waals surface area (Å²) >= 11 is 0. The SMILES string of the molecule is C=C(O)C/C=C(\C=O)CC/C(C=O)=C/CCCC=O. The first-order valence-corrected chi connectivity index (χ1v) is 6.22. The monoisotopic (exact) mass is 264 g/mol. The summed E-state index contributed by atoms with van der Waals surface area (Å²) in [5.74, 6) is -0.000587. The molecule has 0 aromatic heterocycles. The van der Waals surface area contributed by atoms with Gasteiger partial charge >= 0.3 is 0 Å². The number of carbonyl (C=O) groups excluding carboxylic acids is 3. The lowest BCUT2D eigenvalue weighted by atomic mass is 10.0. The minimum atomic E-state index is -0.000587. The van der Waals surface area contributed by atoms with E-state index in [1.54, 1.807) is 12.2 Å². The van der Waals surface area contributed by atoms with E-state index in [-0.39, 0.29) is 12.2 Å². The summed E-state index contributed by atoms with van der Waals surface area (Å²) in [6.07, 6.45) is 8.81. The molecule has 0 aliphatic heterocycles. The van der Waals surface area contributed by atoms with Gasteiger partial charge in [0.2, 0.25) is 0 Å². The maximum Gasteiger partial charge on any atom is 0.145 e. The topological polar surface area (TPSA) is 71.4 Å². The van der Waals surface area contributed by atoms with Crippen LogP contribution in [-0.2, 0) is 14.4 Å². The molecule has 4 heteroatoms. The number of allylic oxidation sites excluding steroid dienone is 4. The van der Waals surface area contributed by atoms with Crippen molar-refractivity contribution in [3.8, 4) is 0 Å². The minimum Gasteiger partial charge on any atom is -0.513 e. The third kappa shape index (κ3) is 9.71. The second-order valence-corrected chi connectivity index (χ2v) is 4.16. The van der Waals surface area contributed by atoms with E-state index in [2.05, 4.69) is 6.58 Å². The highest BCUT2D eigenvalue weighted by Gasteiger charge is 2.00. The first-order valence-electron chi connectivity index (χ1n) is 6.22. The number of aliphatic hydroxyl groups is 1. The minimum absolute atomic E-state index is 0.000587. The van der Waals surface area contributed by atoms with Gasteiger partial charge in [-0.05, 0) is 36.8 Å². The van der Waals surface area contributed by atoms with Crippen molar-refractivity contribution in [3.63, 3.8) is 0 Å². The number of hydrogen-bond donors (Lipinski definition) is 1. The highest BCUT2D eigenvalue weighted by molar-refractivity contribution is 5.75. The predicted octanol–water partition coefficient (Wildman–Crippen LogP) is 2.85. The fourth-order valence-electron chi connectivity index (χ4n) is 1.44. The average molecular weight is 264 g/mol. The van der Waals surface area contributed by atoms with Gasteiger partial charge in [-0.1, -0.05) is 18.7 Å². The van der Waals surface area contributed by atoms with Gasteiger partial charge in [-0.2, -0.15) is 0 Å². The van der Waals surface area contributed by atoms with Crippen LogP contribution in [0.4, 0.5) is 0 Å². The van der Waals surface area contributed by atoms with Gasteiger partial charge in [-0.3, -0.25) is 9.59 Å². The van der Waals surface area contributed by atoms with Crippen LogP contribution in [0.5, 0.6) is 0 Å². The normalized spacial score (nSPS) is 12.0. The molecular weight excluding hydrogens is 244 g/mol. The molecule has 4 nitrogen and oxygen atoms in total. The third-order valence-corrected chi connectivity index (χ3v) is 2.54. The van der Waals surface area contributed by atoms with E-state index < -0.39 is 0 Å². The predicted molar refractivity (Wildman–Crippen MR) is 73.8 cm³/mol. The summed E-state index contributed by atoms with van der Waals surface area (Å²) in [7, 11) is 0. The highest BCUT2D eigenvalue weighted by atomic mass is 16.3. The van der Waals surface area contributed by atoms with Crippen molar-refractivity contribution < 1.29 is 19.5 Å². The van der Waals surface area contributed by atoms with E-state index in [0.717, 1.165) is 25.3 Å². The van der Waals surface area contributed by atoms with Crippen LogP contribution in [0.1, 0.15) is 38.5 Å². The molecule has 0 heterocycles. The lowest BCUT2D eigenvalue weighted by molar-refractivity contribution is -0.108. The largest absolute Gasteiger partial charge is 0.513 e. The lowest BCUT2D eigenvalue weighted by Crippen LogP contribution is -1.92. The summed E-state index contributed by atoms with van der Waals surface area (Å²) in [5, 5.41) is 8.94. The van der Waals surface area contributed by atoms with Gasteiger partial charge in [0.1, 0.15) is 18.9 Å². The average Bonchev–Trinajstić information content (AvgIpc) is 2.40. The van der Waals surface area contributed by atoms with E-state index in [1.165, 1.54) is 0 Å². The summed E-state index contributed by atoms with van der Waals surface area (Å²) in [4.78, 5) is 31.8. The van der Waals surface area contributed by atoms with Gasteiger partial charge in [0.05, 0.1) is 5.76 Å². The van der Waals surface area contributed by atoms with Crippen LogP contribution in [0.15, 0.2) is 35.6 Å². The molecule has 19 heavy (non-hydrogen) atoms. The fraction of sp³-hybridized carbons (Fsp3) is 0.400. The van der Waals surface area contributed by atoms with Crippen molar-refractivity contribution in [2.24, 2.45) is 0 Å². The Kier molecular flexibility index (Phi) is 9.98. The van der Waals surface area contributed by atoms with Gasteiger partial charge in [0, 0.05) is 12.8 Å². The zero-order valence-electron chi connectivity index (χ0n) is 11.0. The summed E-state index contributed by atoms with van der Waals surface area (Å²) in [5.41, 5.74) is 1.16. The van der Waals surface area contributed by atoms with Crippen LogP contribution in [0.3, 0.4) is 0 Å². The lowest BCUT2D eigenvalue weighted by Gasteiger charge is -2.01. The Labute approximate surface area is 113 Å². The zero-order valence-corrected chi connectivity index (χ0v) is 11.0. The molecule has 0 fully saturated rings. The van der Waals surface area contributed by atoms with Crippen LogP contribution >= 0.6 is 0 Å². The van der Waals surface area contributed by atoms with Crippen LogP contribution in [0.2, 0.25) is 0 Å². The van der Waals surface area contributed by atoms with Gasteiger partial charge in [-0.25, -0.2) is 0 Å². The molecule has 0 radical (unpaired) electrons. The summed E-state index contributed by atoms with van der Waals surface area (Å²) < 4.78 is 0. The number of unbranched alkanes of at least 4 members (excludes halogenated alkanes) is 2. The van der Waals surface area contributed by atoms with Crippen molar-refractivity contribution in [1.82, 2.24) is 0 Å². The Hall–Kier alpha value is -1.97. The molecule has 0 aliphatic carbocycles. The summed E-state index contributed by atoms with van der Waals surface area (Å²) in [6.45, 7) is 3.33. The van der Waals surface area contributed by atoms with E-state index in [1.807, 2.05) is 0 Å². The van der Waals surface area contributed by atoms with E-state index >= 15 is 0 Å². The molecule has 0 rings (SSSR count). The number of carbonyl (C=O) groups is 3. The van der Waals surface area contributed by atoms with Gasteiger partial charge < -0.3 is 9.90 Å². The van der Waals surface area contributed by atoms with E-state index in [0.29, 0.717) is 36.8 Å². The molecule has 0 saturated heterocycles. The first kappa shape index (κ1) is 17.0. The van der Waals surface area contributed by atoms with E-state index in [9.17, 15) is 14.4 Å². The Morgan fingerprint density at radius 2 is 1.53 bits per heavy atom. The quantitative estimate of drug-likeness (QED) is 0.269. The molecule has 0 unspecified atom stereocenters. The Morgan fingerprint density at radius 3 is 2.00 bits per heavy atom. The Morgan fingerprint density at radius 1 is 0.947 bits per heavy atom. The molecule has 0 saturated carbocycles. The highest BCUT2D eigenvalue weighted by Crippen LogP contribution is 2.12. The van der Waals surface area contributed by atoms with Crippen LogP contribution in [0, 0.1) is 0 Å². The molecular formula is C15H20O4. The molecule has 0 amide bonds. The van der Waals surface area contributed by atoms with Crippen LogP contribution < -0.4 is 0 Å². The molecule has 0 aliphatic rings. The van der Waals surface area contributed by atoms with Gasteiger partial charge in [0.25, 0.3) is 0 Å². The zero-order chi connectivity index (χ0) is 14.5. The second-order valence-electron chi connectivity index (χ2n) is 4.16. The summed E-state index contributed by atoms with van der Waals surface area (Å²) in [6, 6.07) is 0. The van der Waals surface area contributed by atoms with Crippen LogP contribution in [-0.4, -0.2) is 24.0 Å². The van der Waals surface area contributed by atoms with Crippen molar-refractivity contribution in [1.29, 1.82) is 0 Å². The molecule has 1 N–H and O–H groups in total. The standard InChI is InChI=1S/C15H20O4/c1-13(19)6-7-15(12-18)9-8-14(11-17)5-3-2-4-10-16/h5,7,10-12,19H,1-4,6,8-9H2/b14-5-,15-7-. The smallest absolute Gasteiger partial charge is 0.145 e. The molecule has 0 spiro atoms. The molecule has 0 atom stereocenters. The molecule has 0 aromatic rings. The molecule has 104 valence electrons. The van der Waals surface area contributed by atoms with Gasteiger partial charge in [0.15, 0.2) is 0 Å². The molecule has 0 aromatic carbocycles. The molecule has 0 bridgehead atoms. The van der Waals surface area contributed by atoms with Crippen molar-refractivity contribution >= 4 is 18.9 Å². The van der Waals surface area contributed by atoms with Crippen LogP contribution in [0.25, 0.3) is 0 Å². The third-order valence-electron chi connectivity index (χ3n) is 2.54. The van der Waals surface area contributed by atoms with Crippen molar-refractivity contribution in [3.05, 3.63) is 35.6 Å². The Bertz CT molecular complexity index is 378. The first-order chi connectivity index (χ1) is 9.13. The maximum absolute atomic E-state index is 10.8. The number of aldehydes is 3. The second kappa shape index (κ2) is 11.1.